The number of anilines is 2. The number of nitrogens with zero attached hydrogens (tertiary/aromatic N) is 2. The Hall–Kier alpha value is -1.44. The molecule has 7 heteroatoms. The molecule has 0 fully saturated rings. The average Bonchev–Trinajstić information content (AvgIpc) is 2.73. The van der Waals surface area contributed by atoms with Crippen molar-refractivity contribution < 1.29 is 5.11 Å². The number of hydrogen-bond donors (Lipinski definition) is 4. The molecule has 2 heterocycles. The number of rotatable bonds is 4. The maximum atomic E-state index is 8.73. The number of nitrogens with one attached hydrogen (secondary N) is 2. The molecule has 0 aliphatic rings. The lowest BCUT2D eigenvalue weighted by molar-refractivity contribution is 0.311. The van der Waals surface area contributed by atoms with Crippen LogP contribution in [0.25, 0.3) is 10.2 Å². The summed E-state index contributed by atoms with van der Waals surface area (Å²) in [5.74, 6) is 6.31. The van der Waals surface area contributed by atoms with E-state index in [4.69, 9.17) is 10.9 Å². The minimum absolute atomic E-state index is 0.0566. The summed E-state index contributed by atoms with van der Waals surface area (Å²) in [6, 6.07) is 1.93. The average molecular weight is 225 g/mol. The first-order valence-corrected chi connectivity index (χ1v) is 5.29. The zero-order chi connectivity index (χ0) is 10.7. The van der Waals surface area contributed by atoms with Gasteiger partial charge in [-0.15, -0.1) is 11.3 Å². The molecule has 0 saturated heterocycles. The summed E-state index contributed by atoms with van der Waals surface area (Å²) in [7, 11) is 0. The Morgan fingerprint density at radius 2 is 2.33 bits per heavy atom. The van der Waals surface area contributed by atoms with Crippen molar-refractivity contribution in [3.63, 3.8) is 0 Å². The predicted molar refractivity (Wildman–Crippen MR) is 60.8 cm³/mol. The van der Waals surface area contributed by atoms with Gasteiger partial charge in [-0.1, -0.05) is 0 Å². The van der Waals surface area contributed by atoms with Crippen molar-refractivity contribution in [3.8, 4) is 0 Å². The van der Waals surface area contributed by atoms with Gasteiger partial charge in [-0.3, -0.25) is 5.43 Å². The third kappa shape index (κ3) is 1.99. The molecule has 0 unspecified atom stereocenters. The highest BCUT2D eigenvalue weighted by atomic mass is 32.1. The van der Waals surface area contributed by atoms with Crippen LogP contribution in [-0.2, 0) is 0 Å². The number of hydrogen-bond acceptors (Lipinski definition) is 7. The smallest absolute Gasteiger partial charge is 0.240 e. The Balaban J connectivity index is 2.43. The van der Waals surface area contributed by atoms with Crippen LogP contribution in [0.1, 0.15) is 0 Å². The third-order valence-electron chi connectivity index (χ3n) is 1.86. The first-order chi connectivity index (χ1) is 7.35. The molecule has 0 aromatic carbocycles. The van der Waals surface area contributed by atoms with Gasteiger partial charge in [0.25, 0.3) is 0 Å². The van der Waals surface area contributed by atoms with Gasteiger partial charge in [0.05, 0.1) is 12.0 Å². The Morgan fingerprint density at radius 3 is 3.07 bits per heavy atom. The van der Waals surface area contributed by atoms with Crippen molar-refractivity contribution in [3.05, 3.63) is 11.4 Å². The topological polar surface area (TPSA) is 96.1 Å². The molecule has 0 atom stereocenters. The summed E-state index contributed by atoms with van der Waals surface area (Å²) in [6.45, 7) is 0.507. The zero-order valence-corrected chi connectivity index (χ0v) is 8.71. The Bertz CT molecular complexity index is 457. The van der Waals surface area contributed by atoms with Crippen LogP contribution in [0.3, 0.4) is 0 Å². The van der Waals surface area contributed by atoms with Crippen LogP contribution < -0.4 is 16.6 Å². The van der Waals surface area contributed by atoms with E-state index in [0.29, 0.717) is 18.3 Å². The maximum absolute atomic E-state index is 8.73. The van der Waals surface area contributed by atoms with E-state index in [9.17, 15) is 0 Å². The van der Waals surface area contributed by atoms with Gasteiger partial charge >= 0.3 is 0 Å². The van der Waals surface area contributed by atoms with Crippen molar-refractivity contribution in [1.29, 1.82) is 0 Å². The summed E-state index contributed by atoms with van der Waals surface area (Å²) in [5, 5.41) is 14.6. The summed E-state index contributed by atoms with van der Waals surface area (Å²) in [4.78, 5) is 9.22. The van der Waals surface area contributed by atoms with Crippen LogP contribution in [0, 0.1) is 0 Å². The van der Waals surface area contributed by atoms with E-state index in [1.54, 1.807) is 0 Å². The summed E-state index contributed by atoms with van der Waals surface area (Å²) in [6.07, 6.45) is 0. The van der Waals surface area contributed by atoms with Gasteiger partial charge in [0, 0.05) is 6.54 Å². The molecule has 2 aromatic rings. The fourth-order valence-electron chi connectivity index (χ4n) is 1.23. The van der Waals surface area contributed by atoms with E-state index in [0.717, 1.165) is 10.2 Å². The Labute approximate surface area is 90.1 Å². The molecule has 6 nitrogen and oxygen atoms in total. The molecule has 0 radical (unpaired) electrons. The van der Waals surface area contributed by atoms with Gasteiger partial charge in [0.2, 0.25) is 5.95 Å². The molecule has 0 bridgehead atoms. The van der Waals surface area contributed by atoms with Gasteiger partial charge in [0.1, 0.15) is 10.6 Å². The van der Waals surface area contributed by atoms with E-state index in [1.807, 2.05) is 11.4 Å². The number of aliphatic hydroxyl groups is 1. The highest BCUT2D eigenvalue weighted by Crippen LogP contribution is 2.25. The first kappa shape index (κ1) is 10.1. The molecule has 0 aliphatic heterocycles. The summed E-state index contributed by atoms with van der Waals surface area (Å²) < 4.78 is 0. The van der Waals surface area contributed by atoms with Crippen molar-refractivity contribution in [1.82, 2.24) is 9.97 Å². The monoisotopic (exact) mass is 225 g/mol. The number of aromatic nitrogens is 2. The second kappa shape index (κ2) is 4.39. The second-order valence-corrected chi connectivity index (χ2v) is 3.72. The van der Waals surface area contributed by atoms with E-state index in [1.165, 1.54) is 11.3 Å². The van der Waals surface area contributed by atoms with Crippen LogP contribution in [0.4, 0.5) is 11.8 Å². The molecular weight excluding hydrogens is 214 g/mol. The number of nitrogens with two attached hydrogens (primary N) is 1. The van der Waals surface area contributed by atoms with Gasteiger partial charge in [-0.2, -0.15) is 4.98 Å². The van der Waals surface area contributed by atoms with E-state index < -0.39 is 0 Å². The predicted octanol–water partition coefficient (Wildman–Crippen LogP) is 0.381. The van der Waals surface area contributed by atoms with Gasteiger partial charge in [0.15, 0.2) is 0 Å². The van der Waals surface area contributed by atoms with Gasteiger partial charge in [-0.05, 0) is 11.4 Å². The fraction of sp³-hybridized carbons (Fsp3) is 0.250. The van der Waals surface area contributed by atoms with E-state index in [2.05, 4.69) is 20.7 Å². The number of nitrogen functional groups attached to an aromatic ring is 1. The number of thiophene rings is 1. The molecule has 0 spiro atoms. The maximum Gasteiger partial charge on any atom is 0.240 e. The lowest BCUT2D eigenvalue weighted by Gasteiger charge is -2.06. The molecule has 0 amide bonds. The molecule has 2 rings (SSSR count). The normalized spacial score (nSPS) is 10.5. The molecule has 2 aromatic heterocycles. The number of fused-ring (bicyclic) bond motifs is 1. The van der Waals surface area contributed by atoms with Gasteiger partial charge in [-0.25, -0.2) is 10.8 Å². The Morgan fingerprint density at radius 1 is 1.47 bits per heavy atom. The summed E-state index contributed by atoms with van der Waals surface area (Å²) >= 11 is 1.52. The van der Waals surface area contributed by atoms with Crippen LogP contribution in [0.15, 0.2) is 11.4 Å². The zero-order valence-electron chi connectivity index (χ0n) is 7.90. The fourth-order valence-corrected chi connectivity index (χ4v) is 1.99. The largest absolute Gasteiger partial charge is 0.395 e. The van der Waals surface area contributed by atoms with Crippen molar-refractivity contribution >= 4 is 33.3 Å². The van der Waals surface area contributed by atoms with E-state index >= 15 is 0 Å². The molecule has 80 valence electrons. The molecule has 15 heavy (non-hydrogen) atoms. The van der Waals surface area contributed by atoms with Crippen LogP contribution in [-0.4, -0.2) is 28.2 Å². The summed E-state index contributed by atoms with van der Waals surface area (Å²) in [5.41, 5.74) is 2.41. The second-order valence-electron chi connectivity index (χ2n) is 2.83. The minimum Gasteiger partial charge on any atom is -0.395 e. The van der Waals surface area contributed by atoms with Crippen LogP contribution in [0.2, 0.25) is 0 Å². The Kier molecular flexibility index (Phi) is 2.95. The third-order valence-corrected chi connectivity index (χ3v) is 2.67. The minimum atomic E-state index is 0.0566. The molecule has 5 N–H and O–H groups in total. The quantitative estimate of drug-likeness (QED) is 0.444. The SMILES string of the molecule is NNc1nc(NCCO)c2ccsc2n1. The van der Waals surface area contributed by atoms with Crippen LogP contribution in [0.5, 0.6) is 0 Å². The lowest BCUT2D eigenvalue weighted by atomic mass is 10.4. The molecule has 0 aliphatic carbocycles. The highest BCUT2D eigenvalue weighted by Gasteiger charge is 2.07. The number of aliphatic hydroxyl groups excluding tert-OH is 1. The van der Waals surface area contributed by atoms with Crippen molar-refractivity contribution in [2.45, 2.75) is 0 Å². The van der Waals surface area contributed by atoms with E-state index in [-0.39, 0.29) is 6.61 Å². The van der Waals surface area contributed by atoms with Gasteiger partial charge < -0.3 is 10.4 Å². The molecular formula is C8H11N5OS. The standard InChI is InChI=1S/C8H11N5OS/c9-13-8-11-6(10-2-3-14)5-1-4-15-7(5)12-8/h1,4,14H,2-3,9H2,(H2,10,11,12,13). The molecule has 0 saturated carbocycles. The van der Waals surface area contributed by atoms with Crippen LogP contribution >= 0.6 is 11.3 Å². The van der Waals surface area contributed by atoms with Crippen molar-refractivity contribution in [2.75, 3.05) is 23.9 Å². The first-order valence-electron chi connectivity index (χ1n) is 4.41. The number of hydrazine groups is 1. The lowest BCUT2D eigenvalue weighted by Crippen LogP contribution is -2.13. The highest BCUT2D eigenvalue weighted by molar-refractivity contribution is 7.16. The van der Waals surface area contributed by atoms with Crippen molar-refractivity contribution in [2.24, 2.45) is 5.84 Å².